The molecule has 4 saturated carbocycles. The van der Waals surface area contributed by atoms with E-state index in [2.05, 4.69) is 13.8 Å². The van der Waals surface area contributed by atoms with E-state index in [1.807, 2.05) is 0 Å². The van der Waals surface area contributed by atoms with Gasteiger partial charge in [-0.3, -0.25) is 4.79 Å². The third-order valence-electron chi connectivity index (χ3n) is 5.11. The van der Waals surface area contributed by atoms with Crippen LogP contribution in [-0.2, 0) is 9.53 Å². The Morgan fingerprint density at radius 1 is 1.44 bits per heavy atom. The molecule has 0 aromatic carbocycles. The lowest BCUT2D eigenvalue weighted by Gasteiger charge is -2.62. The van der Waals surface area contributed by atoms with Crippen molar-refractivity contribution in [2.45, 2.75) is 45.6 Å². The third kappa shape index (κ3) is 1.26. The minimum absolute atomic E-state index is 0.0714. The molecule has 3 heteroatoms. The van der Waals surface area contributed by atoms with E-state index in [4.69, 9.17) is 16.3 Å². The summed E-state index contributed by atoms with van der Waals surface area (Å²) in [7, 11) is 0. The van der Waals surface area contributed by atoms with Gasteiger partial charge in [-0.25, -0.2) is 0 Å². The number of alkyl halides is 1. The molecule has 0 aliphatic heterocycles. The van der Waals surface area contributed by atoms with E-state index in [-0.39, 0.29) is 17.6 Å². The van der Waals surface area contributed by atoms with Crippen molar-refractivity contribution in [2.24, 2.45) is 22.7 Å². The van der Waals surface area contributed by atoms with Gasteiger partial charge in [-0.15, -0.1) is 0 Å². The highest BCUT2D eigenvalue weighted by Gasteiger charge is 2.64. The van der Waals surface area contributed by atoms with Gasteiger partial charge in [-0.05, 0) is 37.0 Å². The Morgan fingerprint density at radius 2 is 2.19 bits per heavy atom. The minimum atomic E-state index is -0.256. The molecule has 0 heterocycles. The predicted octanol–water partition coefficient (Wildman–Crippen LogP) is 2.98. The summed E-state index contributed by atoms with van der Waals surface area (Å²) in [6.45, 7) is 4.44. The number of carbonyl (C=O) groups is 1. The van der Waals surface area contributed by atoms with E-state index in [9.17, 15) is 4.79 Å². The zero-order valence-corrected chi connectivity index (χ0v) is 10.7. The van der Waals surface area contributed by atoms with Gasteiger partial charge in [0.25, 0.3) is 0 Å². The number of halogens is 1. The Morgan fingerprint density at radius 3 is 2.88 bits per heavy atom. The highest BCUT2D eigenvalue weighted by Crippen LogP contribution is 2.63. The lowest BCUT2D eigenvalue weighted by atomic mass is 9.43. The Balaban J connectivity index is 1.99. The minimum Gasteiger partial charge on any atom is -0.361 e. The van der Waals surface area contributed by atoms with Crippen LogP contribution in [0.15, 0.2) is 0 Å². The first-order valence-corrected chi connectivity index (χ1v) is 6.74. The molecule has 0 radical (unpaired) electrons. The fraction of sp³-hybridized carbons (Fsp3) is 0.923. The number of hydrogen-bond donors (Lipinski definition) is 0. The van der Waals surface area contributed by atoms with Crippen LogP contribution in [0, 0.1) is 22.7 Å². The van der Waals surface area contributed by atoms with E-state index in [1.54, 1.807) is 0 Å². The van der Waals surface area contributed by atoms with Crippen molar-refractivity contribution in [3.05, 3.63) is 0 Å². The van der Waals surface area contributed by atoms with Gasteiger partial charge >= 0.3 is 0 Å². The van der Waals surface area contributed by atoms with E-state index >= 15 is 0 Å². The average molecular weight is 243 g/mol. The van der Waals surface area contributed by atoms with Crippen molar-refractivity contribution in [1.82, 2.24) is 0 Å². The molecule has 0 saturated heterocycles. The second-order valence-corrected chi connectivity index (χ2v) is 6.78. The van der Waals surface area contributed by atoms with Crippen molar-refractivity contribution in [3.63, 3.8) is 0 Å². The normalized spacial score (nSPS) is 54.7. The molecule has 4 rings (SSSR count). The molecule has 5 atom stereocenters. The molecule has 0 N–H and O–H groups in total. The van der Waals surface area contributed by atoms with Crippen molar-refractivity contribution < 1.29 is 9.53 Å². The van der Waals surface area contributed by atoms with E-state index in [0.29, 0.717) is 23.0 Å². The van der Waals surface area contributed by atoms with Crippen LogP contribution in [0.2, 0.25) is 0 Å². The van der Waals surface area contributed by atoms with Crippen LogP contribution in [0.5, 0.6) is 0 Å². The second kappa shape index (κ2) is 3.23. The van der Waals surface area contributed by atoms with Crippen molar-refractivity contribution in [2.75, 3.05) is 6.07 Å². The van der Waals surface area contributed by atoms with Crippen LogP contribution in [0.1, 0.15) is 39.5 Å². The maximum atomic E-state index is 12.4. The lowest BCUT2D eigenvalue weighted by Crippen LogP contribution is -2.63. The molecular formula is C13H19ClO2. The molecule has 16 heavy (non-hydrogen) atoms. The van der Waals surface area contributed by atoms with Gasteiger partial charge in [-0.2, -0.15) is 0 Å². The van der Waals surface area contributed by atoms with Crippen molar-refractivity contribution in [1.29, 1.82) is 0 Å². The summed E-state index contributed by atoms with van der Waals surface area (Å²) in [6, 6.07) is 0.214. The van der Waals surface area contributed by atoms with E-state index in [0.717, 1.165) is 19.3 Å². The molecule has 0 aromatic heterocycles. The molecule has 4 bridgehead atoms. The number of hydrogen-bond acceptors (Lipinski definition) is 2. The summed E-state index contributed by atoms with van der Waals surface area (Å²) in [5, 5.41) is 0. The number of carbonyl (C=O) groups excluding carboxylic acids is 1. The number of ether oxygens (including phenoxy) is 1. The Labute approximate surface area is 102 Å². The first kappa shape index (κ1) is 11.0. The maximum absolute atomic E-state index is 12.4. The van der Waals surface area contributed by atoms with Crippen LogP contribution in [-0.4, -0.2) is 18.0 Å². The smallest absolute Gasteiger partial charge is 0.144 e. The van der Waals surface area contributed by atoms with Crippen LogP contribution in [0.4, 0.5) is 0 Å². The van der Waals surface area contributed by atoms with Crippen LogP contribution in [0.25, 0.3) is 0 Å². The molecule has 0 spiro atoms. The summed E-state index contributed by atoms with van der Waals surface area (Å²) in [5.41, 5.74) is 0.121. The number of Topliss-reactive ketones (excluding diaryl/α,β-unsaturated/α-hetero) is 1. The molecular weight excluding hydrogens is 224 g/mol. The van der Waals surface area contributed by atoms with Gasteiger partial charge in [-0.1, -0.05) is 25.4 Å². The lowest BCUT2D eigenvalue weighted by molar-refractivity contribution is -0.195. The molecule has 0 aromatic rings. The molecule has 4 aliphatic rings. The second-order valence-electron chi connectivity index (χ2n) is 6.57. The van der Waals surface area contributed by atoms with Crippen LogP contribution < -0.4 is 0 Å². The van der Waals surface area contributed by atoms with Gasteiger partial charge in [0.1, 0.15) is 11.8 Å². The summed E-state index contributed by atoms with van der Waals surface area (Å²) < 4.78 is 5.68. The first-order chi connectivity index (χ1) is 7.48. The topological polar surface area (TPSA) is 26.3 Å². The summed E-state index contributed by atoms with van der Waals surface area (Å²) >= 11 is 5.70. The van der Waals surface area contributed by atoms with E-state index in [1.165, 1.54) is 6.42 Å². The molecule has 4 aliphatic carbocycles. The summed E-state index contributed by atoms with van der Waals surface area (Å²) in [5.74, 6) is 1.30. The predicted molar refractivity (Wildman–Crippen MR) is 62.3 cm³/mol. The first-order valence-electron chi connectivity index (χ1n) is 6.20. The zero-order valence-electron chi connectivity index (χ0n) is 9.96. The van der Waals surface area contributed by atoms with Crippen LogP contribution in [0.3, 0.4) is 0 Å². The molecule has 2 nitrogen and oxygen atoms in total. The van der Waals surface area contributed by atoms with Crippen LogP contribution >= 0.6 is 11.6 Å². The largest absolute Gasteiger partial charge is 0.361 e. The number of ketones is 1. The molecule has 5 unspecified atom stereocenters. The monoisotopic (exact) mass is 242 g/mol. The Hall–Kier alpha value is -0.0800. The Bertz CT molecular complexity index is 343. The zero-order chi connectivity index (χ0) is 11.6. The fourth-order valence-electron chi connectivity index (χ4n) is 5.01. The van der Waals surface area contributed by atoms with Crippen molar-refractivity contribution >= 4 is 17.4 Å². The standard InChI is InChI=1S/C13H19ClO2/c1-12-4-8-3-9(5-12)11(16-7-14)13(2,6-12)10(8)15/h8-9,11H,3-7H2,1-2H3. The van der Waals surface area contributed by atoms with Crippen molar-refractivity contribution in [3.8, 4) is 0 Å². The quantitative estimate of drug-likeness (QED) is 0.696. The van der Waals surface area contributed by atoms with Gasteiger partial charge in [0.05, 0.1) is 11.5 Å². The highest BCUT2D eigenvalue weighted by molar-refractivity contribution is 6.17. The molecule has 0 amide bonds. The summed E-state index contributed by atoms with van der Waals surface area (Å²) in [4.78, 5) is 12.4. The van der Waals surface area contributed by atoms with Gasteiger partial charge in [0.15, 0.2) is 0 Å². The van der Waals surface area contributed by atoms with Gasteiger partial charge in [0.2, 0.25) is 0 Å². The van der Waals surface area contributed by atoms with Gasteiger partial charge < -0.3 is 4.74 Å². The summed E-state index contributed by atoms with van der Waals surface area (Å²) in [6.07, 6.45) is 4.42. The fourth-order valence-corrected chi connectivity index (χ4v) is 5.14. The SMILES string of the molecule is CC12CC3CC(C1)C(OCCl)C(C)(C2)C3=O. The van der Waals surface area contributed by atoms with Gasteiger partial charge in [0, 0.05) is 5.92 Å². The number of rotatable bonds is 2. The average Bonchev–Trinajstić information content (AvgIpc) is 2.19. The highest BCUT2D eigenvalue weighted by atomic mass is 35.5. The Kier molecular flexibility index (Phi) is 2.23. The van der Waals surface area contributed by atoms with E-state index < -0.39 is 0 Å². The molecule has 90 valence electrons. The third-order valence-corrected chi connectivity index (χ3v) is 5.23. The maximum Gasteiger partial charge on any atom is 0.144 e. The molecule has 4 fully saturated rings.